The van der Waals surface area contributed by atoms with Gasteiger partial charge in [-0.15, -0.1) is 0 Å². The van der Waals surface area contributed by atoms with Crippen LogP contribution in [0, 0.1) is 0 Å². The third-order valence-corrected chi connectivity index (χ3v) is 8.07. The normalized spacial score (nSPS) is 17.7. The number of hydrogen-bond donors (Lipinski definition) is 2. The lowest BCUT2D eigenvalue weighted by molar-refractivity contribution is 0.0685. The molecule has 4 aromatic rings. The molecule has 1 aliphatic carbocycles. The van der Waals surface area contributed by atoms with Crippen LogP contribution < -0.4 is 0 Å². The van der Waals surface area contributed by atoms with Gasteiger partial charge in [0.1, 0.15) is 11.5 Å². The predicted molar refractivity (Wildman–Crippen MR) is 156 cm³/mol. The number of para-hydroxylation sites is 2. The molecule has 4 heteroatoms. The molecule has 2 N–H and O–H groups in total. The van der Waals surface area contributed by atoms with E-state index in [-0.39, 0.29) is 0 Å². The number of likely N-dealkylation sites (N-methyl/N-ethyl adjacent to an activating group) is 2. The molecule has 0 saturated heterocycles. The first-order valence-electron chi connectivity index (χ1n) is 13.7. The average Bonchev–Trinajstić information content (AvgIpc) is 2.96. The molecule has 5 rings (SSSR count). The summed E-state index contributed by atoms with van der Waals surface area (Å²) in [5.74, 6) is 0.739. The Balaban J connectivity index is 1.33. The summed E-state index contributed by atoms with van der Waals surface area (Å²) in [6.07, 6.45) is 4.68. The minimum atomic E-state index is 0.369. The summed E-state index contributed by atoms with van der Waals surface area (Å²) < 4.78 is 0. The van der Waals surface area contributed by atoms with Gasteiger partial charge in [0, 0.05) is 47.4 Å². The van der Waals surface area contributed by atoms with Gasteiger partial charge >= 0.3 is 0 Å². The van der Waals surface area contributed by atoms with Crippen molar-refractivity contribution in [3.8, 4) is 33.8 Å². The molecule has 0 radical (unpaired) electrons. The third-order valence-electron chi connectivity index (χ3n) is 8.07. The molecule has 4 nitrogen and oxygen atoms in total. The summed E-state index contributed by atoms with van der Waals surface area (Å²) >= 11 is 0. The van der Waals surface area contributed by atoms with Crippen LogP contribution in [0.25, 0.3) is 22.3 Å². The van der Waals surface area contributed by atoms with Crippen molar-refractivity contribution >= 4 is 0 Å². The summed E-state index contributed by atoms with van der Waals surface area (Å²) in [4.78, 5) is 4.81. The second-order valence-corrected chi connectivity index (χ2v) is 10.6. The minimum absolute atomic E-state index is 0.369. The Bertz CT molecular complexity index is 1230. The number of benzene rings is 4. The van der Waals surface area contributed by atoms with E-state index in [9.17, 15) is 10.2 Å². The first-order chi connectivity index (χ1) is 18.5. The molecule has 0 amide bonds. The van der Waals surface area contributed by atoms with Crippen LogP contribution in [0.1, 0.15) is 36.8 Å². The van der Waals surface area contributed by atoms with Gasteiger partial charge in [-0.1, -0.05) is 110 Å². The van der Waals surface area contributed by atoms with Crippen molar-refractivity contribution in [2.45, 2.75) is 50.9 Å². The first kappa shape index (κ1) is 26.0. The fourth-order valence-electron chi connectivity index (χ4n) is 6.03. The van der Waals surface area contributed by atoms with Gasteiger partial charge in [-0.05, 0) is 38.1 Å². The van der Waals surface area contributed by atoms with Crippen molar-refractivity contribution < 1.29 is 10.2 Å². The van der Waals surface area contributed by atoms with Crippen LogP contribution in [0.15, 0.2) is 97.1 Å². The highest BCUT2D eigenvalue weighted by molar-refractivity contribution is 5.72. The molecule has 0 aliphatic heterocycles. The van der Waals surface area contributed by atoms with Gasteiger partial charge in [0.15, 0.2) is 0 Å². The minimum Gasteiger partial charge on any atom is -0.507 e. The quantitative estimate of drug-likeness (QED) is 0.263. The van der Waals surface area contributed by atoms with Crippen molar-refractivity contribution in [1.82, 2.24) is 9.80 Å². The molecule has 0 aromatic heterocycles. The highest BCUT2D eigenvalue weighted by Gasteiger charge is 2.32. The van der Waals surface area contributed by atoms with Crippen molar-refractivity contribution in [3.05, 3.63) is 108 Å². The number of rotatable bonds is 8. The molecule has 0 bridgehead atoms. The van der Waals surface area contributed by atoms with E-state index in [1.165, 1.54) is 12.8 Å². The van der Waals surface area contributed by atoms with E-state index in [1.54, 1.807) is 0 Å². The maximum atomic E-state index is 11.1. The number of nitrogens with zero attached hydrogens (tertiary/aromatic N) is 2. The second kappa shape index (κ2) is 11.8. The van der Waals surface area contributed by atoms with Crippen LogP contribution in [-0.2, 0) is 13.1 Å². The van der Waals surface area contributed by atoms with Crippen molar-refractivity contribution in [2.24, 2.45) is 0 Å². The van der Waals surface area contributed by atoms with Gasteiger partial charge in [0.05, 0.1) is 0 Å². The second-order valence-electron chi connectivity index (χ2n) is 10.6. The van der Waals surface area contributed by atoms with E-state index in [4.69, 9.17) is 0 Å². The lowest BCUT2D eigenvalue weighted by Crippen LogP contribution is -2.50. The summed E-state index contributed by atoms with van der Waals surface area (Å²) in [5, 5.41) is 22.3. The maximum Gasteiger partial charge on any atom is 0.127 e. The zero-order chi connectivity index (χ0) is 26.5. The van der Waals surface area contributed by atoms with E-state index in [2.05, 4.69) is 23.9 Å². The van der Waals surface area contributed by atoms with E-state index >= 15 is 0 Å². The maximum absolute atomic E-state index is 11.1. The zero-order valence-corrected chi connectivity index (χ0v) is 22.4. The van der Waals surface area contributed by atoms with E-state index in [0.717, 1.165) is 46.2 Å². The molecule has 1 aliphatic rings. The Hall–Kier alpha value is -3.60. The molecule has 196 valence electrons. The van der Waals surface area contributed by atoms with Crippen LogP contribution in [0.4, 0.5) is 0 Å². The summed E-state index contributed by atoms with van der Waals surface area (Å²) in [7, 11) is 4.36. The topological polar surface area (TPSA) is 46.9 Å². The molecule has 38 heavy (non-hydrogen) atoms. The lowest BCUT2D eigenvalue weighted by Gasteiger charge is -2.43. The SMILES string of the molecule is CN(Cc1cccc(-c2ccccc2)c1O)[C@@H]1CCCC[C@H]1N(C)Cc1cccc(-c2ccccc2)c1O. The Morgan fingerprint density at radius 3 is 1.34 bits per heavy atom. The summed E-state index contributed by atoms with van der Waals surface area (Å²) in [6.45, 7) is 1.38. The Morgan fingerprint density at radius 1 is 0.553 bits per heavy atom. The molecule has 0 unspecified atom stereocenters. The number of hydrogen-bond acceptors (Lipinski definition) is 4. The average molecular weight is 507 g/mol. The molecular formula is C34H38N2O2. The van der Waals surface area contributed by atoms with Crippen LogP contribution in [0.3, 0.4) is 0 Å². The summed E-state index contributed by atoms with van der Waals surface area (Å²) in [6, 6.07) is 33.0. The van der Waals surface area contributed by atoms with Gasteiger partial charge in [-0.25, -0.2) is 0 Å². The molecule has 2 atom stereocenters. The highest BCUT2D eigenvalue weighted by Crippen LogP contribution is 2.36. The smallest absolute Gasteiger partial charge is 0.127 e. The van der Waals surface area contributed by atoms with Crippen LogP contribution >= 0.6 is 0 Å². The molecule has 0 heterocycles. The Kier molecular flexibility index (Phi) is 8.11. The molecule has 0 spiro atoms. The van der Waals surface area contributed by atoms with E-state index in [0.29, 0.717) is 36.7 Å². The van der Waals surface area contributed by atoms with Crippen molar-refractivity contribution in [3.63, 3.8) is 0 Å². The van der Waals surface area contributed by atoms with Crippen LogP contribution in [0.5, 0.6) is 11.5 Å². The van der Waals surface area contributed by atoms with Gasteiger partial charge in [0.2, 0.25) is 0 Å². The van der Waals surface area contributed by atoms with Gasteiger partial charge in [0.25, 0.3) is 0 Å². The van der Waals surface area contributed by atoms with Crippen LogP contribution in [-0.4, -0.2) is 46.2 Å². The Labute approximate surface area is 226 Å². The summed E-state index contributed by atoms with van der Waals surface area (Å²) in [5.41, 5.74) is 5.72. The highest BCUT2D eigenvalue weighted by atomic mass is 16.3. The molecular weight excluding hydrogens is 468 g/mol. The van der Waals surface area contributed by atoms with Gasteiger partial charge in [-0.2, -0.15) is 0 Å². The van der Waals surface area contributed by atoms with Crippen molar-refractivity contribution in [2.75, 3.05) is 14.1 Å². The zero-order valence-electron chi connectivity index (χ0n) is 22.4. The number of aromatic hydroxyl groups is 2. The predicted octanol–water partition coefficient (Wildman–Crippen LogP) is 7.31. The van der Waals surface area contributed by atoms with Gasteiger partial charge in [-0.3, -0.25) is 9.80 Å². The number of phenolic OH excluding ortho intramolecular Hbond substituents is 2. The standard InChI is InChI=1S/C34H38N2O2/c1-35(23-27-17-11-19-29(33(27)37)25-13-5-3-6-14-25)31-21-9-10-22-32(31)36(2)24-28-18-12-20-30(34(28)38)26-15-7-4-8-16-26/h3-8,11-20,31-32,37-38H,9-10,21-24H2,1-2H3/t31-,32-/m1/s1. The van der Waals surface area contributed by atoms with Gasteiger partial charge < -0.3 is 10.2 Å². The van der Waals surface area contributed by atoms with Crippen molar-refractivity contribution in [1.29, 1.82) is 0 Å². The fraction of sp³-hybridized carbons (Fsp3) is 0.294. The third kappa shape index (κ3) is 5.62. The molecule has 1 fully saturated rings. The molecule has 4 aromatic carbocycles. The Morgan fingerprint density at radius 2 is 0.947 bits per heavy atom. The molecule has 1 saturated carbocycles. The fourth-order valence-corrected chi connectivity index (χ4v) is 6.03. The largest absolute Gasteiger partial charge is 0.507 e. The monoisotopic (exact) mass is 506 g/mol. The van der Waals surface area contributed by atoms with E-state index in [1.807, 2.05) is 97.1 Å². The number of phenols is 2. The van der Waals surface area contributed by atoms with Crippen LogP contribution in [0.2, 0.25) is 0 Å². The van der Waals surface area contributed by atoms with E-state index < -0.39 is 0 Å². The first-order valence-corrected chi connectivity index (χ1v) is 13.7. The lowest BCUT2D eigenvalue weighted by atomic mass is 9.87.